The largest absolute Gasteiger partial charge is 0.349 e. The molecule has 0 spiro atoms. The van der Waals surface area contributed by atoms with Crippen LogP contribution in [0.3, 0.4) is 0 Å². The van der Waals surface area contributed by atoms with Crippen LogP contribution in [0.1, 0.15) is 36.7 Å². The van der Waals surface area contributed by atoms with Crippen molar-refractivity contribution in [2.45, 2.75) is 32.2 Å². The number of aromatic nitrogens is 2. The summed E-state index contributed by atoms with van der Waals surface area (Å²) in [7, 11) is 1.78. The van der Waals surface area contributed by atoms with Crippen LogP contribution in [-0.2, 0) is 7.05 Å². The highest BCUT2D eigenvalue weighted by atomic mass is 16.2. The molecule has 5 nitrogen and oxygen atoms in total. The lowest BCUT2D eigenvalue weighted by atomic mass is 9.88. The highest BCUT2D eigenvalue weighted by molar-refractivity contribution is 5.92. The SMILES string of the molecule is CCC1CCCNC1CNC(=O)c1ccnn1C. The normalized spacial score (nSPS) is 23.9. The molecule has 1 fully saturated rings. The zero-order valence-corrected chi connectivity index (χ0v) is 11.1. The van der Waals surface area contributed by atoms with Crippen LogP contribution in [0.2, 0.25) is 0 Å². The van der Waals surface area contributed by atoms with Crippen LogP contribution in [0.15, 0.2) is 12.3 Å². The van der Waals surface area contributed by atoms with E-state index in [4.69, 9.17) is 0 Å². The molecule has 0 bridgehead atoms. The molecular formula is C13H22N4O. The van der Waals surface area contributed by atoms with Crippen molar-refractivity contribution in [3.8, 4) is 0 Å². The third-order valence-electron chi connectivity index (χ3n) is 3.79. The van der Waals surface area contributed by atoms with E-state index >= 15 is 0 Å². The number of hydrogen-bond donors (Lipinski definition) is 2. The van der Waals surface area contributed by atoms with Crippen molar-refractivity contribution >= 4 is 5.91 Å². The summed E-state index contributed by atoms with van der Waals surface area (Å²) in [6, 6.07) is 2.14. The molecule has 0 aromatic carbocycles. The summed E-state index contributed by atoms with van der Waals surface area (Å²) < 4.78 is 1.60. The molecule has 1 aromatic rings. The second-order valence-electron chi connectivity index (χ2n) is 4.92. The van der Waals surface area contributed by atoms with Crippen LogP contribution in [0.4, 0.5) is 0 Å². The minimum Gasteiger partial charge on any atom is -0.349 e. The van der Waals surface area contributed by atoms with E-state index in [2.05, 4.69) is 22.7 Å². The van der Waals surface area contributed by atoms with Crippen LogP contribution < -0.4 is 10.6 Å². The molecule has 2 N–H and O–H groups in total. The maximum atomic E-state index is 12.0. The standard InChI is InChI=1S/C13H22N4O/c1-3-10-5-4-7-14-11(10)9-15-13(18)12-6-8-16-17(12)2/h6,8,10-11,14H,3-5,7,9H2,1-2H3,(H,15,18). The first-order valence-electron chi connectivity index (χ1n) is 6.72. The molecule has 1 aliphatic heterocycles. The Morgan fingerprint density at radius 2 is 2.50 bits per heavy atom. The molecule has 0 aliphatic carbocycles. The average molecular weight is 250 g/mol. The lowest BCUT2D eigenvalue weighted by Crippen LogP contribution is -2.48. The Morgan fingerprint density at radius 1 is 1.67 bits per heavy atom. The van der Waals surface area contributed by atoms with Crippen LogP contribution in [0.25, 0.3) is 0 Å². The maximum Gasteiger partial charge on any atom is 0.269 e. The van der Waals surface area contributed by atoms with Gasteiger partial charge in [-0.25, -0.2) is 0 Å². The van der Waals surface area contributed by atoms with Gasteiger partial charge >= 0.3 is 0 Å². The first-order chi connectivity index (χ1) is 8.72. The van der Waals surface area contributed by atoms with Gasteiger partial charge < -0.3 is 10.6 Å². The van der Waals surface area contributed by atoms with E-state index < -0.39 is 0 Å². The monoisotopic (exact) mass is 250 g/mol. The molecule has 2 unspecified atom stereocenters. The zero-order valence-electron chi connectivity index (χ0n) is 11.1. The third-order valence-corrected chi connectivity index (χ3v) is 3.79. The van der Waals surface area contributed by atoms with Gasteiger partial charge in [-0.3, -0.25) is 9.48 Å². The van der Waals surface area contributed by atoms with E-state index in [1.165, 1.54) is 19.3 Å². The summed E-state index contributed by atoms with van der Waals surface area (Å²) >= 11 is 0. The van der Waals surface area contributed by atoms with Crippen molar-refractivity contribution in [1.82, 2.24) is 20.4 Å². The predicted octanol–water partition coefficient (Wildman–Crippen LogP) is 0.928. The fourth-order valence-electron chi connectivity index (χ4n) is 2.64. The summed E-state index contributed by atoms with van der Waals surface area (Å²) in [5.74, 6) is 0.628. The second kappa shape index (κ2) is 6.00. The fraction of sp³-hybridized carbons (Fsp3) is 0.692. The van der Waals surface area contributed by atoms with E-state index in [-0.39, 0.29) is 5.91 Å². The summed E-state index contributed by atoms with van der Waals surface area (Å²) in [5, 5.41) is 10.5. The minimum absolute atomic E-state index is 0.0442. The van der Waals surface area contributed by atoms with Gasteiger partial charge in [-0.15, -0.1) is 0 Å². The van der Waals surface area contributed by atoms with Crippen molar-refractivity contribution in [3.05, 3.63) is 18.0 Å². The van der Waals surface area contributed by atoms with Crippen molar-refractivity contribution in [3.63, 3.8) is 0 Å². The van der Waals surface area contributed by atoms with E-state index in [0.717, 1.165) is 6.54 Å². The lowest BCUT2D eigenvalue weighted by molar-refractivity contribution is 0.0932. The van der Waals surface area contributed by atoms with Gasteiger partial charge in [0.2, 0.25) is 0 Å². The maximum absolute atomic E-state index is 12.0. The number of hydrogen-bond acceptors (Lipinski definition) is 3. The van der Waals surface area contributed by atoms with E-state index in [0.29, 0.717) is 24.2 Å². The Kier molecular flexibility index (Phi) is 4.36. The number of carbonyl (C=O) groups excluding carboxylic acids is 1. The van der Waals surface area contributed by atoms with Gasteiger partial charge in [-0.1, -0.05) is 13.3 Å². The van der Waals surface area contributed by atoms with Gasteiger partial charge in [0.15, 0.2) is 0 Å². The molecule has 2 rings (SSSR count). The van der Waals surface area contributed by atoms with E-state index in [1.807, 2.05) is 0 Å². The Morgan fingerprint density at radius 3 is 3.17 bits per heavy atom. The van der Waals surface area contributed by atoms with Gasteiger partial charge in [0.05, 0.1) is 0 Å². The summed E-state index contributed by atoms with van der Waals surface area (Å²) in [6.07, 6.45) is 5.31. The molecule has 2 heterocycles. The van der Waals surface area contributed by atoms with Crippen LogP contribution in [-0.4, -0.2) is 34.8 Å². The van der Waals surface area contributed by atoms with Gasteiger partial charge in [0, 0.05) is 25.8 Å². The first kappa shape index (κ1) is 13.1. The number of carbonyl (C=O) groups is 1. The van der Waals surface area contributed by atoms with Gasteiger partial charge in [0.25, 0.3) is 5.91 Å². The number of piperidine rings is 1. The minimum atomic E-state index is -0.0442. The number of amides is 1. The molecular weight excluding hydrogens is 228 g/mol. The molecule has 1 aliphatic rings. The lowest BCUT2D eigenvalue weighted by Gasteiger charge is -2.32. The smallest absolute Gasteiger partial charge is 0.269 e. The highest BCUT2D eigenvalue weighted by Gasteiger charge is 2.23. The van der Waals surface area contributed by atoms with E-state index in [9.17, 15) is 4.79 Å². The number of nitrogens with one attached hydrogen (secondary N) is 2. The predicted molar refractivity (Wildman–Crippen MR) is 70.3 cm³/mol. The second-order valence-corrected chi connectivity index (χ2v) is 4.92. The number of nitrogens with zero attached hydrogens (tertiary/aromatic N) is 2. The average Bonchev–Trinajstić information content (AvgIpc) is 2.82. The van der Waals surface area contributed by atoms with Gasteiger partial charge in [-0.05, 0) is 31.4 Å². The van der Waals surface area contributed by atoms with Gasteiger partial charge in [-0.2, -0.15) is 5.10 Å². The quantitative estimate of drug-likeness (QED) is 0.835. The summed E-state index contributed by atoms with van der Waals surface area (Å²) in [4.78, 5) is 12.0. The van der Waals surface area contributed by atoms with Crippen LogP contribution in [0.5, 0.6) is 0 Å². The fourth-order valence-corrected chi connectivity index (χ4v) is 2.64. The van der Waals surface area contributed by atoms with Crippen molar-refractivity contribution in [2.24, 2.45) is 13.0 Å². The Balaban J connectivity index is 1.87. The Labute approximate surface area is 108 Å². The van der Waals surface area contributed by atoms with E-state index in [1.54, 1.807) is 24.0 Å². The number of aryl methyl sites for hydroxylation is 1. The molecule has 0 saturated carbocycles. The van der Waals surface area contributed by atoms with Crippen molar-refractivity contribution in [2.75, 3.05) is 13.1 Å². The van der Waals surface area contributed by atoms with Crippen molar-refractivity contribution < 1.29 is 4.79 Å². The molecule has 1 aromatic heterocycles. The zero-order chi connectivity index (χ0) is 13.0. The Hall–Kier alpha value is -1.36. The summed E-state index contributed by atoms with van der Waals surface area (Å²) in [5.41, 5.74) is 0.610. The Bertz CT molecular complexity index is 401. The molecule has 1 saturated heterocycles. The molecule has 18 heavy (non-hydrogen) atoms. The third kappa shape index (κ3) is 2.90. The number of rotatable bonds is 4. The molecule has 100 valence electrons. The topological polar surface area (TPSA) is 58.9 Å². The van der Waals surface area contributed by atoms with Crippen LogP contribution in [0, 0.1) is 5.92 Å². The summed E-state index contributed by atoms with van der Waals surface area (Å²) in [6.45, 7) is 3.97. The molecule has 5 heteroatoms. The molecule has 2 atom stereocenters. The van der Waals surface area contributed by atoms with Gasteiger partial charge in [0.1, 0.15) is 5.69 Å². The first-order valence-corrected chi connectivity index (χ1v) is 6.72. The molecule has 1 amide bonds. The molecule has 0 radical (unpaired) electrons. The van der Waals surface area contributed by atoms with Crippen LogP contribution >= 0.6 is 0 Å². The highest BCUT2D eigenvalue weighted by Crippen LogP contribution is 2.19. The van der Waals surface area contributed by atoms with Crippen molar-refractivity contribution in [1.29, 1.82) is 0 Å².